The van der Waals surface area contributed by atoms with Gasteiger partial charge in [0.2, 0.25) is 0 Å². The van der Waals surface area contributed by atoms with E-state index in [1.165, 1.54) is 0 Å². The summed E-state index contributed by atoms with van der Waals surface area (Å²) in [6.45, 7) is 6.00. The third kappa shape index (κ3) is 6.09. The number of rotatable bonds is 3. The van der Waals surface area contributed by atoms with E-state index in [9.17, 15) is 9.59 Å². The zero-order valence-electron chi connectivity index (χ0n) is 13.6. The summed E-state index contributed by atoms with van der Waals surface area (Å²) in [4.78, 5) is 21.7. The summed E-state index contributed by atoms with van der Waals surface area (Å²) in [7, 11) is 0. The number of aryl methyl sites for hydroxylation is 2. The molecule has 0 saturated heterocycles. The number of benzene rings is 2. The fourth-order valence-corrected chi connectivity index (χ4v) is 2.26. The minimum Gasteiger partial charge on any atom is -0.478 e. The molecule has 0 heterocycles. The van der Waals surface area contributed by atoms with Gasteiger partial charge in [-0.25, -0.2) is 9.59 Å². The van der Waals surface area contributed by atoms with Gasteiger partial charge in [0, 0.05) is 8.95 Å². The van der Waals surface area contributed by atoms with Gasteiger partial charge in [-0.3, -0.25) is 0 Å². The summed E-state index contributed by atoms with van der Waals surface area (Å²) >= 11 is 6.65. The summed E-state index contributed by atoms with van der Waals surface area (Å²) in [6.07, 6.45) is 0. The van der Waals surface area contributed by atoms with Gasteiger partial charge in [-0.05, 0) is 68.3 Å². The average Bonchev–Trinajstić information content (AvgIpc) is 2.53. The lowest BCUT2D eigenvalue weighted by Crippen LogP contribution is -2.04. The van der Waals surface area contributed by atoms with E-state index in [2.05, 4.69) is 31.9 Å². The van der Waals surface area contributed by atoms with Crippen LogP contribution < -0.4 is 0 Å². The number of aromatic carboxylic acids is 1. The van der Waals surface area contributed by atoms with E-state index in [-0.39, 0.29) is 5.97 Å². The Balaban J connectivity index is 0.000000243. The quantitative estimate of drug-likeness (QED) is 0.627. The topological polar surface area (TPSA) is 63.6 Å². The standard InChI is InChI=1S/C10H11BrO2.C8H7BrO2/c1-3-13-10(12)8-4-5-9(11)7(2)6-8;1-5-4-6(8(10)11)2-3-7(5)9/h4-6H,3H2,1-2H3;2-4H,1H3,(H,10,11). The van der Waals surface area contributed by atoms with Crippen LogP contribution in [0.4, 0.5) is 0 Å². The number of ether oxygens (including phenoxy) is 1. The molecule has 0 fully saturated rings. The molecule has 6 heteroatoms. The molecule has 0 unspecified atom stereocenters. The van der Waals surface area contributed by atoms with E-state index in [1.54, 1.807) is 31.2 Å². The minimum atomic E-state index is -0.888. The molecular weight excluding hydrogens is 440 g/mol. The highest BCUT2D eigenvalue weighted by Crippen LogP contribution is 2.18. The van der Waals surface area contributed by atoms with Crippen molar-refractivity contribution in [3.05, 3.63) is 67.6 Å². The van der Waals surface area contributed by atoms with Crippen molar-refractivity contribution in [1.29, 1.82) is 0 Å². The van der Waals surface area contributed by atoms with Gasteiger partial charge >= 0.3 is 11.9 Å². The number of carboxylic acids is 1. The van der Waals surface area contributed by atoms with Crippen molar-refractivity contribution in [3.8, 4) is 0 Å². The molecule has 2 rings (SSSR count). The van der Waals surface area contributed by atoms with Crippen molar-refractivity contribution in [1.82, 2.24) is 0 Å². The summed E-state index contributed by atoms with van der Waals surface area (Å²) in [5.74, 6) is -1.15. The fourth-order valence-electron chi connectivity index (χ4n) is 1.76. The van der Waals surface area contributed by atoms with Crippen LogP contribution in [0.15, 0.2) is 45.3 Å². The highest BCUT2D eigenvalue weighted by Gasteiger charge is 2.06. The Bertz CT molecular complexity index is 742. The van der Waals surface area contributed by atoms with Gasteiger partial charge in [0.1, 0.15) is 0 Å². The van der Waals surface area contributed by atoms with Crippen LogP contribution in [0.3, 0.4) is 0 Å². The lowest BCUT2D eigenvalue weighted by Gasteiger charge is -2.03. The van der Waals surface area contributed by atoms with Crippen LogP contribution in [-0.4, -0.2) is 23.7 Å². The summed E-state index contributed by atoms with van der Waals surface area (Å²) in [6, 6.07) is 10.3. The zero-order valence-corrected chi connectivity index (χ0v) is 16.8. The largest absolute Gasteiger partial charge is 0.478 e. The molecule has 4 nitrogen and oxygen atoms in total. The van der Waals surface area contributed by atoms with Crippen LogP contribution in [0.2, 0.25) is 0 Å². The molecule has 0 aromatic heterocycles. The smallest absolute Gasteiger partial charge is 0.338 e. The number of halogens is 2. The number of carbonyl (C=O) groups excluding carboxylic acids is 1. The van der Waals surface area contributed by atoms with Crippen LogP contribution in [0.5, 0.6) is 0 Å². The van der Waals surface area contributed by atoms with Gasteiger partial charge in [0.05, 0.1) is 17.7 Å². The number of hydrogen-bond acceptors (Lipinski definition) is 3. The zero-order chi connectivity index (χ0) is 18.3. The van der Waals surface area contributed by atoms with Crippen molar-refractivity contribution in [2.45, 2.75) is 20.8 Å². The molecular formula is C18H18Br2O4. The molecule has 0 spiro atoms. The van der Waals surface area contributed by atoms with E-state index < -0.39 is 5.97 Å². The first-order valence-corrected chi connectivity index (χ1v) is 8.77. The van der Waals surface area contributed by atoms with Crippen LogP contribution in [0.1, 0.15) is 38.8 Å². The normalized spacial score (nSPS) is 9.71. The second-order valence-corrected chi connectivity index (χ2v) is 6.66. The van der Waals surface area contributed by atoms with Gasteiger partial charge in [0.25, 0.3) is 0 Å². The Kier molecular flexibility index (Phi) is 8.15. The van der Waals surface area contributed by atoms with Crippen LogP contribution in [-0.2, 0) is 4.74 Å². The van der Waals surface area contributed by atoms with Gasteiger partial charge in [0.15, 0.2) is 0 Å². The summed E-state index contributed by atoms with van der Waals surface area (Å²) < 4.78 is 6.80. The SMILES string of the molecule is CCOC(=O)c1ccc(Br)c(C)c1.Cc1cc(C(=O)O)ccc1Br. The summed E-state index contributed by atoms with van der Waals surface area (Å²) in [5.41, 5.74) is 2.89. The third-order valence-corrected chi connectivity index (χ3v) is 4.85. The maximum Gasteiger partial charge on any atom is 0.338 e. The first-order chi connectivity index (χ1) is 11.3. The first-order valence-electron chi connectivity index (χ1n) is 7.19. The van der Waals surface area contributed by atoms with Gasteiger partial charge < -0.3 is 9.84 Å². The average molecular weight is 458 g/mol. The Labute approximate surface area is 158 Å². The van der Waals surface area contributed by atoms with E-state index in [1.807, 2.05) is 26.0 Å². The molecule has 0 aliphatic rings. The Morgan fingerprint density at radius 3 is 1.83 bits per heavy atom. The van der Waals surface area contributed by atoms with Crippen molar-refractivity contribution in [2.75, 3.05) is 6.61 Å². The van der Waals surface area contributed by atoms with Crippen molar-refractivity contribution < 1.29 is 19.4 Å². The molecule has 0 aliphatic carbocycles. The molecule has 0 atom stereocenters. The molecule has 128 valence electrons. The van der Waals surface area contributed by atoms with Crippen LogP contribution in [0.25, 0.3) is 0 Å². The molecule has 0 aliphatic heterocycles. The molecule has 0 amide bonds. The maximum absolute atomic E-state index is 11.3. The molecule has 1 N–H and O–H groups in total. The lowest BCUT2D eigenvalue weighted by atomic mass is 10.1. The Hall–Kier alpha value is -1.66. The molecule has 0 saturated carbocycles. The van der Waals surface area contributed by atoms with E-state index >= 15 is 0 Å². The maximum atomic E-state index is 11.3. The lowest BCUT2D eigenvalue weighted by molar-refractivity contribution is 0.0525. The number of carboxylic acid groups (broad SMARTS) is 1. The predicted octanol–water partition coefficient (Wildman–Crippen LogP) is 5.39. The van der Waals surface area contributed by atoms with Crippen molar-refractivity contribution in [2.24, 2.45) is 0 Å². The minimum absolute atomic E-state index is 0.266. The van der Waals surface area contributed by atoms with Crippen LogP contribution in [0, 0.1) is 13.8 Å². The Morgan fingerprint density at radius 1 is 0.958 bits per heavy atom. The van der Waals surface area contributed by atoms with E-state index in [0.717, 1.165) is 20.1 Å². The molecule has 2 aromatic rings. The van der Waals surface area contributed by atoms with E-state index in [0.29, 0.717) is 17.7 Å². The second kappa shape index (κ2) is 9.59. The molecule has 24 heavy (non-hydrogen) atoms. The number of esters is 1. The number of carbonyl (C=O) groups is 2. The summed E-state index contributed by atoms with van der Waals surface area (Å²) in [5, 5.41) is 8.58. The van der Waals surface area contributed by atoms with Crippen molar-refractivity contribution >= 4 is 43.8 Å². The van der Waals surface area contributed by atoms with Gasteiger partial charge in [-0.1, -0.05) is 31.9 Å². The molecule has 0 radical (unpaired) electrons. The van der Waals surface area contributed by atoms with Crippen molar-refractivity contribution in [3.63, 3.8) is 0 Å². The molecule has 2 aromatic carbocycles. The highest BCUT2D eigenvalue weighted by atomic mass is 79.9. The first kappa shape index (κ1) is 20.4. The van der Waals surface area contributed by atoms with Gasteiger partial charge in [-0.15, -0.1) is 0 Å². The fraction of sp³-hybridized carbons (Fsp3) is 0.222. The monoisotopic (exact) mass is 456 g/mol. The molecule has 0 bridgehead atoms. The Morgan fingerprint density at radius 2 is 1.42 bits per heavy atom. The van der Waals surface area contributed by atoms with Gasteiger partial charge in [-0.2, -0.15) is 0 Å². The predicted molar refractivity (Wildman–Crippen MR) is 101 cm³/mol. The third-order valence-electron chi connectivity index (χ3n) is 3.07. The number of hydrogen-bond donors (Lipinski definition) is 1. The second-order valence-electron chi connectivity index (χ2n) is 4.95. The highest BCUT2D eigenvalue weighted by molar-refractivity contribution is 9.10. The van der Waals surface area contributed by atoms with E-state index in [4.69, 9.17) is 9.84 Å². The van der Waals surface area contributed by atoms with Crippen LogP contribution >= 0.6 is 31.9 Å².